The van der Waals surface area contributed by atoms with E-state index in [1.165, 1.54) is 17.4 Å². The summed E-state index contributed by atoms with van der Waals surface area (Å²) in [4.78, 5) is 22.8. The number of carboxylic acid groups (broad SMARTS) is 1. The second-order valence-electron chi connectivity index (χ2n) is 5.06. The minimum absolute atomic E-state index is 0.0418. The number of hydrogen-bond acceptors (Lipinski definition) is 3. The van der Waals surface area contributed by atoms with Gasteiger partial charge >= 0.3 is 5.97 Å². The van der Waals surface area contributed by atoms with E-state index < -0.39 is 12.0 Å². The molecule has 1 aliphatic heterocycles. The van der Waals surface area contributed by atoms with Crippen LogP contribution in [-0.2, 0) is 9.59 Å². The summed E-state index contributed by atoms with van der Waals surface area (Å²) in [7, 11) is 0. The Kier molecular flexibility index (Phi) is 5.55. The third-order valence-electron chi connectivity index (χ3n) is 3.36. The van der Waals surface area contributed by atoms with Crippen molar-refractivity contribution < 1.29 is 14.7 Å². The van der Waals surface area contributed by atoms with Gasteiger partial charge in [-0.15, -0.1) is 0 Å². The summed E-state index contributed by atoms with van der Waals surface area (Å²) in [5, 5.41) is 8.57. The number of aryl methyl sites for hydroxylation is 2. The van der Waals surface area contributed by atoms with Crippen LogP contribution in [0, 0.1) is 13.8 Å². The zero-order valence-electron chi connectivity index (χ0n) is 12.2. The summed E-state index contributed by atoms with van der Waals surface area (Å²) in [5.74, 6) is -0.972. The van der Waals surface area contributed by atoms with Gasteiger partial charge in [0.05, 0.1) is 0 Å². The van der Waals surface area contributed by atoms with E-state index in [1.807, 2.05) is 19.1 Å². The molecule has 1 atom stereocenters. The Morgan fingerprint density at radius 1 is 1.40 bits per heavy atom. The first kappa shape index (κ1) is 16.0. The summed E-state index contributed by atoms with van der Waals surface area (Å²) in [6, 6.07) is 5.37. The molecule has 0 radical (unpaired) electrons. The SMILES string of the molecule is CC(C(=O)O)N1CCCC1=O.Cc1ccc(N)c(C)c1. The Bertz CT molecular complexity index is 500. The van der Waals surface area contributed by atoms with Gasteiger partial charge in [0.2, 0.25) is 5.91 Å². The van der Waals surface area contributed by atoms with Crippen molar-refractivity contribution >= 4 is 17.6 Å². The van der Waals surface area contributed by atoms with Gasteiger partial charge in [-0.05, 0) is 38.8 Å². The highest BCUT2D eigenvalue weighted by Gasteiger charge is 2.28. The molecule has 110 valence electrons. The van der Waals surface area contributed by atoms with Gasteiger partial charge in [-0.2, -0.15) is 0 Å². The minimum atomic E-state index is -0.930. The van der Waals surface area contributed by atoms with Crippen LogP contribution in [0.3, 0.4) is 0 Å². The molecular formula is C15H22N2O3. The molecule has 2 rings (SSSR count). The minimum Gasteiger partial charge on any atom is -0.480 e. The van der Waals surface area contributed by atoms with Crippen LogP contribution in [0.25, 0.3) is 0 Å². The fourth-order valence-corrected chi connectivity index (χ4v) is 2.04. The van der Waals surface area contributed by atoms with Crippen molar-refractivity contribution in [2.75, 3.05) is 12.3 Å². The van der Waals surface area contributed by atoms with E-state index in [9.17, 15) is 9.59 Å². The molecule has 0 saturated carbocycles. The average Bonchev–Trinajstić information content (AvgIpc) is 2.80. The van der Waals surface area contributed by atoms with Crippen LogP contribution in [0.1, 0.15) is 30.9 Å². The molecule has 20 heavy (non-hydrogen) atoms. The number of hydrogen-bond donors (Lipinski definition) is 2. The maximum atomic E-state index is 11.0. The van der Waals surface area contributed by atoms with Crippen molar-refractivity contribution in [1.82, 2.24) is 4.90 Å². The molecule has 0 aromatic heterocycles. The van der Waals surface area contributed by atoms with E-state index in [-0.39, 0.29) is 5.91 Å². The first-order valence-corrected chi connectivity index (χ1v) is 6.68. The topological polar surface area (TPSA) is 83.6 Å². The van der Waals surface area contributed by atoms with E-state index >= 15 is 0 Å². The molecule has 1 amide bonds. The molecule has 5 nitrogen and oxygen atoms in total. The number of carbonyl (C=O) groups is 2. The van der Waals surface area contributed by atoms with Gasteiger partial charge in [0, 0.05) is 18.7 Å². The van der Waals surface area contributed by atoms with Crippen LogP contribution >= 0.6 is 0 Å². The number of likely N-dealkylation sites (tertiary alicyclic amines) is 1. The number of nitrogens with zero attached hydrogens (tertiary/aromatic N) is 1. The number of rotatable bonds is 2. The number of aliphatic carboxylic acids is 1. The predicted octanol–water partition coefficient (Wildman–Crippen LogP) is 1.97. The molecular weight excluding hydrogens is 256 g/mol. The largest absolute Gasteiger partial charge is 0.480 e. The molecule has 0 spiro atoms. The summed E-state index contributed by atoms with van der Waals surface area (Å²) < 4.78 is 0. The lowest BCUT2D eigenvalue weighted by molar-refractivity contribution is -0.147. The van der Waals surface area contributed by atoms with Crippen LogP contribution in [0.4, 0.5) is 5.69 Å². The average molecular weight is 278 g/mol. The summed E-state index contributed by atoms with van der Waals surface area (Å²) in [6.45, 7) is 6.20. The first-order valence-electron chi connectivity index (χ1n) is 6.68. The number of carbonyl (C=O) groups excluding carboxylic acids is 1. The molecule has 1 aromatic carbocycles. The van der Waals surface area contributed by atoms with Gasteiger partial charge in [-0.3, -0.25) is 4.79 Å². The molecule has 3 N–H and O–H groups in total. The fourth-order valence-electron chi connectivity index (χ4n) is 2.04. The highest BCUT2D eigenvalue weighted by Crippen LogP contribution is 2.13. The van der Waals surface area contributed by atoms with E-state index in [2.05, 4.69) is 13.0 Å². The second-order valence-corrected chi connectivity index (χ2v) is 5.06. The zero-order valence-corrected chi connectivity index (χ0v) is 12.2. The smallest absolute Gasteiger partial charge is 0.326 e. The van der Waals surface area contributed by atoms with Gasteiger partial charge in [-0.25, -0.2) is 4.79 Å². The van der Waals surface area contributed by atoms with E-state index in [1.54, 1.807) is 0 Å². The Balaban J connectivity index is 0.000000204. The Morgan fingerprint density at radius 3 is 2.45 bits per heavy atom. The van der Waals surface area contributed by atoms with Gasteiger partial charge in [0.25, 0.3) is 0 Å². The normalized spacial score (nSPS) is 15.6. The van der Waals surface area contributed by atoms with Gasteiger partial charge in [0.1, 0.15) is 6.04 Å². The second kappa shape index (κ2) is 6.93. The monoisotopic (exact) mass is 278 g/mol. The standard InChI is InChI=1S/C8H11N.C7H11NO3/c1-6-3-4-8(9)7(2)5-6;1-5(7(10)11)8-4-2-3-6(8)9/h3-5H,9H2,1-2H3;5H,2-4H2,1H3,(H,10,11). The van der Waals surface area contributed by atoms with Crippen molar-refractivity contribution in [3.63, 3.8) is 0 Å². The third kappa shape index (κ3) is 4.26. The highest BCUT2D eigenvalue weighted by atomic mass is 16.4. The predicted molar refractivity (Wildman–Crippen MR) is 78.4 cm³/mol. The van der Waals surface area contributed by atoms with E-state index in [0.717, 1.165) is 17.7 Å². The molecule has 0 bridgehead atoms. The van der Waals surface area contributed by atoms with Crippen molar-refractivity contribution in [3.8, 4) is 0 Å². The summed E-state index contributed by atoms with van der Waals surface area (Å²) in [6.07, 6.45) is 1.29. The summed E-state index contributed by atoms with van der Waals surface area (Å²) in [5.41, 5.74) is 8.89. The van der Waals surface area contributed by atoms with Crippen LogP contribution in [0.15, 0.2) is 18.2 Å². The molecule has 1 fully saturated rings. The Labute approximate surface area is 119 Å². The van der Waals surface area contributed by atoms with E-state index in [4.69, 9.17) is 10.8 Å². The molecule has 1 aromatic rings. The lowest BCUT2D eigenvalue weighted by Gasteiger charge is -2.19. The van der Waals surface area contributed by atoms with E-state index in [0.29, 0.717) is 13.0 Å². The number of anilines is 1. The maximum Gasteiger partial charge on any atom is 0.326 e. The molecule has 5 heteroatoms. The van der Waals surface area contributed by atoms with Crippen molar-refractivity contribution in [2.45, 2.75) is 39.7 Å². The Morgan fingerprint density at radius 2 is 2.05 bits per heavy atom. The number of nitrogen functional groups attached to an aromatic ring is 1. The zero-order chi connectivity index (χ0) is 15.3. The number of carboxylic acids is 1. The summed E-state index contributed by atoms with van der Waals surface area (Å²) >= 11 is 0. The highest BCUT2D eigenvalue weighted by molar-refractivity contribution is 5.84. The molecule has 1 heterocycles. The van der Waals surface area contributed by atoms with Crippen molar-refractivity contribution in [1.29, 1.82) is 0 Å². The quantitative estimate of drug-likeness (QED) is 0.810. The van der Waals surface area contributed by atoms with Crippen LogP contribution in [0.2, 0.25) is 0 Å². The van der Waals surface area contributed by atoms with Crippen LogP contribution < -0.4 is 5.73 Å². The maximum absolute atomic E-state index is 11.0. The molecule has 1 unspecified atom stereocenters. The fraction of sp³-hybridized carbons (Fsp3) is 0.467. The van der Waals surface area contributed by atoms with Crippen molar-refractivity contribution in [3.05, 3.63) is 29.3 Å². The molecule has 0 aliphatic carbocycles. The van der Waals surface area contributed by atoms with Gasteiger partial charge < -0.3 is 15.7 Å². The lowest BCUT2D eigenvalue weighted by atomic mass is 10.1. The van der Waals surface area contributed by atoms with Crippen LogP contribution in [0.5, 0.6) is 0 Å². The van der Waals surface area contributed by atoms with Gasteiger partial charge in [-0.1, -0.05) is 17.7 Å². The number of benzene rings is 1. The lowest BCUT2D eigenvalue weighted by Crippen LogP contribution is -2.39. The van der Waals surface area contributed by atoms with Crippen molar-refractivity contribution in [2.24, 2.45) is 0 Å². The first-order chi connectivity index (χ1) is 9.32. The molecule has 1 aliphatic rings. The van der Waals surface area contributed by atoms with Crippen LogP contribution in [-0.4, -0.2) is 34.5 Å². The Hall–Kier alpha value is -2.04. The number of nitrogens with two attached hydrogens (primary N) is 1. The molecule has 1 saturated heterocycles. The third-order valence-corrected chi connectivity index (χ3v) is 3.36. The number of amides is 1. The van der Waals surface area contributed by atoms with Gasteiger partial charge in [0.15, 0.2) is 0 Å².